The van der Waals surface area contributed by atoms with Gasteiger partial charge in [0, 0.05) is 11.1 Å². The molecule has 1 nitrogen and oxygen atoms in total. The second kappa shape index (κ2) is 7.73. The molecule has 0 heterocycles. The summed E-state index contributed by atoms with van der Waals surface area (Å²) in [7, 11) is 0. The molecule has 0 saturated carbocycles. The SMILES string of the molecule is CCC(CC)CNC(C)Cc1ccc(Cl)cc1. The smallest absolute Gasteiger partial charge is 0.0406 e. The first-order valence-electron chi connectivity index (χ1n) is 6.63. The summed E-state index contributed by atoms with van der Waals surface area (Å²) in [5.74, 6) is 0.808. The summed E-state index contributed by atoms with van der Waals surface area (Å²) in [5, 5.41) is 4.43. The molecule has 0 radical (unpaired) electrons. The van der Waals surface area contributed by atoms with Crippen molar-refractivity contribution in [2.75, 3.05) is 6.54 Å². The summed E-state index contributed by atoms with van der Waals surface area (Å²) < 4.78 is 0. The van der Waals surface area contributed by atoms with Crippen LogP contribution in [0.15, 0.2) is 24.3 Å². The number of hydrogen-bond donors (Lipinski definition) is 1. The van der Waals surface area contributed by atoms with Crippen LogP contribution in [0.1, 0.15) is 39.2 Å². The van der Waals surface area contributed by atoms with Crippen LogP contribution in [0.4, 0.5) is 0 Å². The molecule has 1 atom stereocenters. The quantitative estimate of drug-likeness (QED) is 0.764. The fourth-order valence-electron chi connectivity index (χ4n) is 1.99. The number of halogens is 1. The Morgan fingerprint density at radius 1 is 1.12 bits per heavy atom. The highest BCUT2D eigenvalue weighted by Crippen LogP contribution is 2.11. The van der Waals surface area contributed by atoms with E-state index in [0.717, 1.165) is 23.9 Å². The molecule has 0 spiro atoms. The summed E-state index contributed by atoms with van der Waals surface area (Å²) in [5.41, 5.74) is 1.35. The van der Waals surface area contributed by atoms with Crippen molar-refractivity contribution >= 4 is 11.6 Å². The molecule has 0 bridgehead atoms. The van der Waals surface area contributed by atoms with Gasteiger partial charge in [0.1, 0.15) is 0 Å². The number of benzene rings is 1. The van der Waals surface area contributed by atoms with Crippen LogP contribution in [-0.4, -0.2) is 12.6 Å². The third-order valence-electron chi connectivity index (χ3n) is 3.36. The topological polar surface area (TPSA) is 12.0 Å². The largest absolute Gasteiger partial charge is 0.314 e. The van der Waals surface area contributed by atoms with E-state index in [9.17, 15) is 0 Å². The van der Waals surface area contributed by atoms with Crippen molar-refractivity contribution in [3.8, 4) is 0 Å². The molecule has 0 aliphatic rings. The third kappa shape index (κ3) is 5.56. The molecule has 0 fully saturated rings. The average Bonchev–Trinajstić information content (AvgIpc) is 2.33. The normalized spacial score (nSPS) is 13.0. The minimum absolute atomic E-state index is 0.525. The Balaban J connectivity index is 2.34. The molecule has 1 aromatic rings. The van der Waals surface area contributed by atoms with Gasteiger partial charge in [0.05, 0.1) is 0 Å². The summed E-state index contributed by atoms with van der Waals surface area (Å²) >= 11 is 5.87. The van der Waals surface area contributed by atoms with Crippen molar-refractivity contribution in [2.45, 2.75) is 46.1 Å². The van der Waals surface area contributed by atoms with E-state index in [1.54, 1.807) is 0 Å². The first-order chi connectivity index (χ1) is 8.15. The van der Waals surface area contributed by atoms with Crippen molar-refractivity contribution in [3.05, 3.63) is 34.9 Å². The molecule has 0 aliphatic heterocycles. The van der Waals surface area contributed by atoms with Crippen LogP contribution >= 0.6 is 11.6 Å². The molecule has 0 aliphatic carbocycles. The minimum atomic E-state index is 0.525. The summed E-state index contributed by atoms with van der Waals surface area (Å²) in [6, 6.07) is 8.67. The average molecular weight is 254 g/mol. The molecule has 0 aromatic heterocycles. The Morgan fingerprint density at radius 3 is 2.24 bits per heavy atom. The summed E-state index contributed by atoms with van der Waals surface area (Å²) in [6.45, 7) is 7.90. The Morgan fingerprint density at radius 2 is 1.71 bits per heavy atom. The van der Waals surface area contributed by atoms with E-state index in [4.69, 9.17) is 11.6 Å². The maximum Gasteiger partial charge on any atom is 0.0406 e. The Bertz CT molecular complexity index is 303. The fraction of sp³-hybridized carbons (Fsp3) is 0.600. The van der Waals surface area contributed by atoms with Gasteiger partial charge in [0.15, 0.2) is 0 Å². The molecule has 1 aromatic carbocycles. The molecular formula is C15H24ClN. The molecular weight excluding hydrogens is 230 g/mol. The van der Waals surface area contributed by atoms with E-state index in [2.05, 4.69) is 38.2 Å². The van der Waals surface area contributed by atoms with Crippen molar-refractivity contribution in [1.82, 2.24) is 5.32 Å². The van der Waals surface area contributed by atoms with Crippen LogP contribution < -0.4 is 5.32 Å². The van der Waals surface area contributed by atoms with Crippen molar-refractivity contribution in [1.29, 1.82) is 0 Å². The predicted molar refractivity (Wildman–Crippen MR) is 76.7 cm³/mol. The first-order valence-corrected chi connectivity index (χ1v) is 7.01. The molecule has 0 saturated heterocycles. The van der Waals surface area contributed by atoms with E-state index in [1.807, 2.05) is 12.1 Å². The fourth-order valence-corrected chi connectivity index (χ4v) is 2.12. The van der Waals surface area contributed by atoms with Crippen LogP contribution in [0.25, 0.3) is 0 Å². The van der Waals surface area contributed by atoms with Crippen molar-refractivity contribution in [2.24, 2.45) is 5.92 Å². The van der Waals surface area contributed by atoms with Crippen LogP contribution in [0.2, 0.25) is 5.02 Å². The van der Waals surface area contributed by atoms with Crippen molar-refractivity contribution in [3.63, 3.8) is 0 Å². The molecule has 1 N–H and O–H groups in total. The number of hydrogen-bond acceptors (Lipinski definition) is 1. The molecule has 2 heteroatoms. The highest BCUT2D eigenvalue weighted by molar-refractivity contribution is 6.30. The van der Waals surface area contributed by atoms with E-state index < -0.39 is 0 Å². The van der Waals surface area contributed by atoms with Gasteiger partial charge < -0.3 is 5.32 Å². The van der Waals surface area contributed by atoms with E-state index in [0.29, 0.717) is 6.04 Å². The van der Waals surface area contributed by atoms with Gasteiger partial charge >= 0.3 is 0 Å². The van der Waals surface area contributed by atoms with Crippen LogP contribution in [0.3, 0.4) is 0 Å². The van der Waals surface area contributed by atoms with E-state index in [1.165, 1.54) is 18.4 Å². The zero-order chi connectivity index (χ0) is 12.7. The Labute approximate surface area is 111 Å². The standard InChI is InChI=1S/C15H24ClN/c1-4-13(5-2)11-17-12(3)10-14-6-8-15(16)9-7-14/h6-9,12-13,17H,4-5,10-11H2,1-3H3. The zero-order valence-corrected chi connectivity index (χ0v) is 11.9. The molecule has 96 valence electrons. The van der Waals surface area contributed by atoms with Gasteiger partial charge in [-0.1, -0.05) is 50.4 Å². The first kappa shape index (κ1) is 14.5. The third-order valence-corrected chi connectivity index (χ3v) is 3.62. The lowest BCUT2D eigenvalue weighted by atomic mass is 10.0. The van der Waals surface area contributed by atoms with Gasteiger partial charge in [-0.15, -0.1) is 0 Å². The molecule has 1 rings (SSSR count). The summed E-state index contributed by atoms with van der Waals surface area (Å²) in [4.78, 5) is 0. The number of nitrogens with one attached hydrogen (secondary N) is 1. The lowest BCUT2D eigenvalue weighted by molar-refractivity contribution is 0.416. The van der Waals surface area contributed by atoms with Gasteiger partial charge in [-0.3, -0.25) is 0 Å². The Kier molecular flexibility index (Phi) is 6.61. The van der Waals surface area contributed by atoms with Crippen molar-refractivity contribution < 1.29 is 0 Å². The van der Waals surface area contributed by atoms with Gasteiger partial charge in [0.25, 0.3) is 0 Å². The predicted octanol–water partition coefficient (Wildman–Crippen LogP) is 4.30. The monoisotopic (exact) mass is 253 g/mol. The van der Waals surface area contributed by atoms with E-state index in [-0.39, 0.29) is 0 Å². The molecule has 17 heavy (non-hydrogen) atoms. The minimum Gasteiger partial charge on any atom is -0.314 e. The van der Waals surface area contributed by atoms with Crippen LogP contribution in [0.5, 0.6) is 0 Å². The highest BCUT2D eigenvalue weighted by atomic mass is 35.5. The number of rotatable bonds is 7. The second-order valence-corrected chi connectivity index (χ2v) is 5.26. The molecule has 0 amide bonds. The zero-order valence-electron chi connectivity index (χ0n) is 11.2. The van der Waals surface area contributed by atoms with Gasteiger partial charge in [-0.2, -0.15) is 0 Å². The van der Waals surface area contributed by atoms with Gasteiger partial charge in [-0.05, 0) is 43.5 Å². The highest BCUT2D eigenvalue weighted by Gasteiger charge is 2.07. The van der Waals surface area contributed by atoms with Gasteiger partial charge in [0.2, 0.25) is 0 Å². The lowest BCUT2D eigenvalue weighted by Crippen LogP contribution is -2.32. The molecule has 1 unspecified atom stereocenters. The second-order valence-electron chi connectivity index (χ2n) is 4.82. The van der Waals surface area contributed by atoms with E-state index >= 15 is 0 Å². The Hall–Kier alpha value is -0.530. The van der Waals surface area contributed by atoms with Crippen LogP contribution in [0, 0.1) is 5.92 Å². The summed E-state index contributed by atoms with van der Waals surface area (Å²) in [6.07, 6.45) is 3.59. The van der Waals surface area contributed by atoms with Crippen LogP contribution in [-0.2, 0) is 6.42 Å². The maximum absolute atomic E-state index is 5.87. The van der Waals surface area contributed by atoms with Gasteiger partial charge in [-0.25, -0.2) is 0 Å². The lowest BCUT2D eigenvalue weighted by Gasteiger charge is -2.18. The maximum atomic E-state index is 5.87.